The van der Waals surface area contributed by atoms with Crippen LogP contribution in [0.3, 0.4) is 0 Å². The molecule has 2 rings (SSSR count). The van der Waals surface area contributed by atoms with Gasteiger partial charge in [0, 0.05) is 38.4 Å². The van der Waals surface area contributed by atoms with Gasteiger partial charge in [-0.25, -0.2) is 0 Å². The molecule has 0 radical (unpaired) electrons. The van der Waals surface area contributed by atoms with Gasteiger partial charge in [0.25, 0.3) is 0 Å². The predicted octanol–water partition coefficient (Wildman–Crippen LogP) is 1.03. The van der Waals surface area contributed by atoms with Crippen LogP contribution in [-0.2, 0) is 6.54 Å². The van der Waals surface area contributed by atoms with Crippen LogP contribution >= 0.6 is 0 Å². The fourth-order valence-electron chi connectivity index (χ4n) is 2.67. The topological polar surface area (TPSA) is 78.0 Å². The highest BCUT2D eigenvalue weighted by Crippen LogP contribution is 2.18. The van der Waals surface area contributed by atoms with Crippen molar-refractivity contribution in [3.05, 3.63) is 29.6 Å². The Morgan fingerprint density at radius 2 is 2.00 bits per heavy atom. The summed E-state index contributed by atoms with van der Waals surface area (Å²) in [6, 6.07) is 6.14. The van der Waals surface area contributed by atoms with E-state index in [1.54, 1.807) is 0 Å². The van der Waals surface area contributed by atoms with Gasteiger partial charge in [-0.1, -0.05) is 11.2 Å². The number of hydrogen-bond acceptors (Lipinski definition) is 5. The molecule has 6 nitrogen and oxygen atoms in total. The first kappa shape index (κ1) is 15.7. The van der Waals surface area contributed by atoms with Gasteiger partial charge < -0.3 is 10.9 Å². The first-order chi connectivity index (χ1) is 9.93. The normalized spacial score (nSPS) is 18.9. The Morgan fingerprint density at radius 3 is 2.57 bits per heavy atom. The van der Waals surface area contributed by atoms with Crippen LogP contribution in [0.1, 0.15) is 25.2 Å². The van der Waals surface area contributed by atoms with Crippen LogP contribution in [0, 0.1) is 6.92 Å². The fourth-order valence-corrected chi connectivity index (χ4v) is 2.67. The molecule has 116 valence electrons. The number of nitrogens with two attached hydrogens (primary N) is 1. The van der Waals surface area contributed by atoms with Gasteiger partial charge in [0.1, 0.15) is 0 Å². The van der Waals surface area contributed by atoms with Crippen molar-refractivity contribution in [2.75, 3.05) is 26.2 Å². The highest BCUT2D eigenvalue weighted by atomic mass is 16.4. The number of oxime groups is 1. The van der Waals surface area contributed by atoms with E-state index in [0.29, 0.717) is 0 Å². The van der Waals surface area contributed by atoms with E-state index in [9.17, 15) is 0 Å². The van der Waals surface area contributed by atoms with Crippen LogP contribution in [0.4, 0.5) is 0 Å². The SMILES string of the molecule is Cc1cccc(CN2CCN(C(C)(C)C(N)=NO)CC2)n1. The number of hydrogen-bond donors (Lipinski definition) is 2. The van der Waals surface area contributed by atoms with E-state index in [1.807, 2.05) is 26.8 Å². The van der Waals surface area contributed by atoms with Crippen molar-refractivity contribution in [1.29, 1.82) is 0 Å². The van der Waals surface area contributed by atoms with Crippen LogP contribution in [0.25, 0.3) is 0 Å². The molecule has 1 saturated heterocycles. The summed E-state index contributed by atoms with van der Waals surface area (Å²) in [5.41, 5.74) is 7.54. The Balaban J connectivity index is 1.92. The van der Waals surface area contributed by atoms with Crippen molar-refractivity contribution in [3.63, 3.8) is 0 Å². The van der Waals surface area contributed by atoms with E-state index < -0.39 is 5.54 Å². The molecule has 2 heterocycles. The summed E-state index contributed by atoms with van der Waals surface area (Å²) < 4.78 is 0. The lowest BCUT2D eigenvalue weighted by molar-refractivity contribution is 0.0787. The zero-order valence-corrected chi connectivity index (χ0v) is 13.1. The summed E-state index contributed by atoms with van der Waals surface area (Å²) in [6.07, 6.45) is 0. The highest BCUT2D eigenvalue weighted by Gasteiger charge is 2.33. The zero-order valence-electron chi connectivity index (χ0n) is 13.1. The Kier molecular flexibility index (Phi) is 4.80. The van der Waals surface area contributed by atoms with E-state index >= 15 is 0 Å². The number of nitrogens with zero attached hydrogens (tertiary/aromatic N) is 4. The third kappa shape index (κ3) is 3.71. The molecule has 0 aromatic carbocycles. The second-order valence-corrected chi connectivity index (χ2v) is 6.08. The van der Waals surface area contributed by atoms with Crippen molar-refractivity contribution in [2.45, 2.75) is 32.9 Å². The van der Waals surface area contributed by atoms with Gasteiger partial charge in [-0.2, -0.15) is 0 Å². The van der Waals surface area contributed by atoms with Crippen molar-refractivity contribution in [1.82, 2.24) is 14.8 Å². The second-order valence-electron chi connectivity index (χ2n) is 6.08. The average Bonchev–Trinajstić information content (AvgIpc) is 2.47. The first-order valence-corrected chi connectivity index (χ1v) is 7.31. The van der Waals surface area contributed by atoms with Gasteiger partial charge in [0.05, 0.1) is 11.2 Å². The van der Waals surface area contributed by atoms with Crippen molar-refractivity contribution < 1.29 is 5.21 Å². The number of amidine groups is 1. The van der Waals surface area contributed by atoms with Crippen LogP contribution in [-0.4, -0.2) is 57.5 Å². The molecule has 0 saturated carbocycles. The number of piperazine rings is 1. The summed E-state index contributed by atoms with van der Waals surface area (Å²) in [7, 11) is 0. The molecule has 0 atom stereocenters. The average molecular weight is 291 g/mol. The molecule has 0 amide bonds. The molecule has 0 unspecified atom stereocenters. The predicted molar refractivity (Wildman–Crippen MR) is 83.3 cm³/mol. The quantitative estimate of drug-likeness (QED) is 0.375. The molecular formula is C15H25N5O. The maximum atomic E-state index is 8.89. The number of aromatic nitrogens is 1. The Labute approximate surface area is 126 Å². The molecule has 6 heteroatoms. The van der Waals surface area contributed by atoms with Gasteiger partial charge in [0.15, 0.2) is 5.84 Å². The maximum absolute atomic E-state index is 8.89. The molecule has 0 spiro atoms. The Hall–Kier alpha value is -1.66. The summed E-state index contributed by atoms with van der Waals surface area (Å²) in [6.45, 7) is 10.6. The largest absolute Gasteiger partial charge is 0.409 e. The van der Waals surface area contributed by atoms with Gasteiger partial charge in [-0.3, -0.25) is 14.8 Å². The molecule has 1 aromatic heterocycles. The summed E-state index contributed by atoms with van der Waals surface area (Å²) in [5.74, 6) is 0.260. The summed E-state index contributed by atoms with van der Waals surface area (Å²) in [4.78, 5) is 9.19. The molecule has 1 aliphatic rings. The summed E-state index contributed by atoms with van der Waals surface area (Å²) in [5, 5.41) is 12.1. The second kappa shape index (κ2) is 6.41. The molecule has 0 aliphatic carbocycles. The third-order valence-corrected chi connectivity index (χ3v) is 4.23. The molecule has 1 aromatic rings. The molecule has 1 aliphatic heterocycles. The molecule has 1 fully saturated rings. The maximum Gasteiger partial charge on any atom is 0.159 e. The van der Waals surface area contributed by atoms with E-state index in [-0.39, 0.29) is 5.84 Å². The van der Waals surface area contributed by atoms with E-state index in [1.165, 1.54) is 0 Å². The fraction of sp³-hybridized carbons (Fsp3) is 0.600. The Morgan fingerprint density at radius 1 is 1.33 bits per heavy atom. The van der Waals surface area contributed by atoms with Crippen LogP contribution < -0.4 is 5.73 Å². The Bertz CT molecular complexity index is 507. The van der Waals surface area contributed by atoms with E-state index in [0.717, 1.165) is 44.1 Å². The van der Waals surface area contributed by atoms with Crippen molar-refractivity contribution in [3.8, 4) is 0 Å². The van der Waals surface area contributed by atoms with Gasteiger partial charge in [-0.15, -0.1) is 0 Å². The first-order valence-electron chi connectivity index (χ1n) is 7.31. The van der Waals surface area contributed by atoms with Gasteiger partial charge in [-0.05, 0) is 32.9 Å². The van der Waals surface area contributed by atoms with Crippen LogP contribution in [0.5, 0.6) is 0 Å². The third-order valence-electron chi connectivity index (χ3n) is 4.23. The van der Waals surface area contributed by atoms with Crippen LogP contribution in [0.15, 0.2) is 23.4 Å². The van der Waals surface area contributed by atoms with E-state index in [4.69, 9.17) is 10.9 Å². The molecule has 0 bridgehead atoms. The minimum Gasteiger partial charge on any atom is -0.409 e. The minimum atomic E-state index is -0.414. The molecule has 21 heavy (non-hydrogen) atoms. The lowest BCUT2D eigenvalue weighted by atomic mass is 10.00. The van der Waals surface area contributed by atoms with Crippen LogP contribution in [0.2, 0.25) is 0 Å². The summed E-state index contributed by atoms with van der Waals surface area (Å²) >= 11 is 0. The highest BCUT2D eigenvalue weighted by molar-refractivity contribution is 5.88. The lowest BCUT2D eigenvalue weighted by Gasteiger charge is -2.43. The molecule has 3 N–H and O–H groups in total. The zero-order chi connectivity index (χ0) is 15.5. The van der Waals surface area contributed by atoms with E-state index in [2.05, 4.69) is 32.1 Å². The standard InChI is InChI=1S/C15H25N5O/c1-12-5-4-6-13(17-12)11-19-7-9-20(10-8-19)15(2,3)14(16)18-21/h4-6,21H,7-11H2,1-3H3,(H2,16,18). The minimum absolute atomic E-state index is 0.260. The number of pyridine rings is 1. The van der Waals surface area contributed by atoms with Gasteiger partial charge >= 0.3 is 0 Å². The lowest BCUT2D eigenvalue weighted by Crippen LogP contribution is -2.59. The van der Waals surface area contributed by atoms with Crippen molar-refractivity contribution >= 4 is 5.84 Å². The molecular weight excluding hydrogens is 266 g/mol. The number of aryl methyl sites for hydroxylation is 1. The monoisotopic (exact) mass is 291 g/mol. The van der Waals surface area contributed by atoms with Gasteiger partial charge in [0.2, 0.25) is 0 Å². The van der Waals surface area contributed by atoms with Crippen molar-refractivity contribution in [2.24, 2.45) is 10.9 Å². The number of rotatable bonds is 4. The smallest absolute Gasteiger partial charge is 0.159 e.